The van der Waals surface area contributed by atoms with E-state index in [0.29, 0.717) is 0 Å². The van der Waals surface area contributed by atoms with Gasteiger partial charge in [-0.15, -0.1) is 0 Å². The molecule has 2 aliphatic heterocycles. The summed E-state index contributed by atoms with van der Waals surface area (Å²) in [5.74, 6) is 0.946. The number of methoxy groups -OCH3 is 1. The van der Waals surface area contributed by atoms with Crippen molar-refractivity contribution in [2.24, 2.45) is 0 Å². The van der Waals surface area contributed by atoms with Gasteiger partial charge in [-0.25, -0.2) is 0 Å². The number of benzene rings is 1. The quantitative estimate of drug-likeness (QED) is 0.852. The minimum absolute atomic E-state index is 0.752. The molecule has 2 heterocycles. The molecule has 110 valence electrons. The minimum Gasteiger partial charge on any atom is -0.496 e. The second-order valence-electron chi connectivity index (χ2n) is 5.88. The van der Waals surface area contributed by atoms with Gasteiger partial charge < -0.3 is 4.74 Å². The Hall–Kier alpha value is -0.770. The Morgan fingerprint density at radius 1 is 1.25 bits per heavy atom. The fourth-order valence-electron chi connectivity index (χ4n) is 3.54. The van der Waals surface area contributed by atoms with Gasteiger partial charge in [0, 0.05) is 29.7 Å². The number of nitrogens with zero attached hydrogens (tertiary/aromatic N) is 2. The van der Waals surface area contributed by atoms with Crippen molar-refractivity contribution in [1.29, 1.82) is 0 Å². The van der Waals surface area contributed by atoms with E-state index in [2.05, 4.69) is 9.80 Å². The average Bonchev–Trinajstić information content (AvgIpc) is 2.78. The van der Waals surface area contributed by atoms with Gasteiger partial charge in [-0.05, 0) is 57.1 Å². The molecule has 1 aromatic carbocycles. The van der Waals surface area contributed by atoms with Gasteiger partial charge in [0.25, 0.3) is 0 Å². The van der Waals surface area contributed by atoms with Gasteiger partial charge in [-0.1, -0.05) is 11.6 Å². The number of ether oxygens (including phenoxy) is 1. The van der Waals surface area contributed by atoms with Crippen molar-refractivity contribution in [3.05, 3.63) is 28.8 Å². The zero-order chi connectivity index (χ0) is 13.9. The minimum atomic E-state index is 0.752. The van der Waals surface area contributed by atoms with Gasteiger partial charge in [-0.2, -0.15) is 0 Å². The van der Waals surface area contributed by atoms with E-state index in [1.54, 1.807) is 7.11 Å². The van der Waals surface area contributed by atoms with E-state index in [1.165, 1.54) is 51.0 Å². The average molecular weight is 295 g/mol. The number of halogens is 1. The van der Waals surface area contributed by atoms with E-state index in [0.717, 1.165) is 23.4 Å². The molecule has 0 aromatic heterocycles. The first-order valence-corrected chi connectivity index (χ1v) is 7.93. The molecule has 0 radical (unpaired) electrons. The Morgan fingerprint density at radius 2 is 2.10 bits per heavy atom. The van der Waals surface area contributed by atoms with Crippen LogP contribution in [0.5, 0.6) is 5.75 Å². The summed E-state index contributed by atoms with van der Waals surface area (Å²) in [7, 11) is 1.73. The molecule has 3 nitrogen and oxygen atoms in total. The third kappa shape index (κ3) is 3.11. The maximum atomic E-state index is 6.13. The number of hydrogen-bond acceptors (Lipinski definition) is 3. The lowest BCUT2D eigenvalue weighted by molar-refractivity contribution is 0.214. The lowest BCUT2D eigenvalue weighted by Crippen LogP contribution is -2.36. The van der Waals surface area contributed by atoms with Gasteiger partial charge in [0.2, 0.25) is 0 Å². The molecule has 0 unspecified atom stereocenters. The topological polar surface area (TPSA) is 15.7 Å². The summed E-state index contributed by atoms with van der Waals surface area (Å²) in [5, 5.41) is 0.790. The van der Waals surface area contributed by atoms with Crippen LogP contribution in [0.4, 0.5) is 0 Å². The summed E-state index contributed by atoms with van der Waals surface area (Å²) in [6, 6.07) is 6.66. The fraction of sp³-hybridized carbons (Fsp3) is 0.625. The Labute approximate surface area is 126 Å². The normalized spacial score (nSPS) is 24.4. The van der Waals surface area contributed by atoms with Crippen molar-refractivity contribution in [3.8, 4) is 5.75 Å². The monoisotopic (exact) mass is 294 g/mol. The molecule has 0 aliphatic carbocycles. The molecule has 0 bridgehead atoms. The predicted octanol–water partition coefficient (Wildman–Crippen LogP) is 3.02. The van der Waals surface area contributed by atoms with Gasteiger partial charge in [0.15, 0.2) is 0 Å². The number of hydrogen-bond donors (Lipinski definition) is 0. The molecule has 1 atom stereocenters. The van der Waals surface area contributed by atoms with Crippen LogP contribution in [0, 0.1) is 0 Å². The number of rotatable bonds is 3. The van der Waals surface area contributed by atoms with Crippen molar-refractivity contribution in [2.75, 3.05) is 33.3 Å². The van der Waals surface area contributed by atoms with Gasteiger partial charge in [-0.3, -0.25) is 9.80 Å². The maximum Gasteiger partial charge on any atom is 0.123 e. The first kappa shape index (κ1) is 14.2. The molecule has 20 heavy (non-hydrogen) atoms. The largest absolute Gasteiger partial charge is 0.496 e. The molecule has 0 amide bonds. The summed E-state index contributed by atoms with van der Waals surface area (Å²) < 4.78 is 5.46. The van der Waals surface area contributed by atoms with Crippen LogP contribution in [0.25, 0.3) is 0 Å². The van der Waals surface area contributed by atoms with Crippen LogP contribution in [-0.2, 0) is 6.54 Å². The molecular weight excluding hydrogens is 272 g/mol. The van der Waals surface area contributed by atoms with Crippen molar-refractivity contribution in [1.82, 2.24) is 9.80 Å². The molecule has 3 rings (SSSR count). The van der Waals surface area contributed by atoms with E-state index >= 15 is 0 Å². The van der Waals surface area contributed by atoms with Crippen LogP contribution >= 0.6 is 11.6 Å². The maximum absolute atomic E-state index is 6.13. The zero-order valence-corrected chi connectivity index (χ0v) is 12.9. The van der Waals surface area contributed by atoms with Crippen molar-refractivity contribution in [2.45, 2.75) is 31.8 Å². The Bertz CT molecular complexity index is 466. The van der Waals surface area contributed by atoms with Crippen LogP contribution in [0.2, 0.25) is 5.02 Å². The van der Waals surface area contributed by atoms with Gasteiger partial charge in [0.05, 0.1) is 7.11 Å². The first-order valence-electron chi connectivity index (χ1n) is 7.55. The summed E-state index contributed by atoms with van der Waals surface area (Å²) >= 11 is 6.13. The summed E-state index contributed by atoms with van der Waals surface area (Å²) in [6.45, 7) is 5.83. The lowest BCUT2D eigenvalue weighted by atomic mass is 10.1. The van der Waals surface area contributed by atoms with Crippen LogP contribution in [0.3, 0.4) is 0 Å². The third-order valence-electron chi connectivity index (χ3n) is 4.52. The second-order valence-corrected chi connectivity index (χ2v) is 6.31. The molecule has 0 N–H and O–H groups in total. The molecule has 2 fully saturated rings. The highest BCUT2D eigenvalue weighted by atomic mass is 35.5. The highest BCUT2D eigenvalue weighted by Crippen LogP contribution is 2.26. The lowest BCUT2D eigenvalue weighted by Gasteiger charge is -2.26. The molecule has 1 aromatic rings. The standard InChI is InChI=1S/C16H23ClN2O/c1-20-16-6-5-14(17)10-13(16)11-18-7-3-9-19-8-2-4-15(19)12-18/h5-6,10,15H,2-4,7-9,11-12H2,1H3/t15-/m0/s1. The Balaban J connectivity index is 1.72. The Kier molecular flexibility index (Phi) is 4.49. The van der Waals surface area contributed by atoms with E-state index in [-0.39, 0.29) is 0 Å². The summed E-state index contributed by atoms with van der Waals surface area (Å²) in [4.78, 5) is 5.22. The van der Waals surface area contributed by atoms with E-state index in [9.17, 15) is 0 Å². The van der Waals surface area contributed by atoms with E-state index in [1.807, 2.05) is 18.2 Å². The third-order valence-corrected chi connectivity index (χ3v) is 4.76. The fourth-order valence-corrected chi connectivity index (χ4v) is 3.73. The van der Waals surface area contributed by atoms with Crippen molar-refractivity contribution >= 4 is 11.6 Å². The molecular formula is C16H23ClN2O. The summed E-state index contributed by atoms with van der Waals surface area (Å²) in [5.41, 5.74) is 1.20. The van der Waals surface area contributed by atoms with E-state index < -0.39 is 0 Å². The molecule has 2 saturated heterocycles. The van der Waals surface area contributed by atoms with Crippen LogP contribution in [-0.4, -0.2) is 49.1 Å². The van der Waals surface area contributed by atoms with Crippen molar-refractivity contribution in [3.63, 3.8) is 0 Å². The van der Waals surface area contributed by atoms with Gasteiger partial charge >= 0.3 is 0 Å². The highest BCUT2D eigenvalue weighted by molar-refractivity contribution is 6.30. The predicted molar refractivity (Wildman–Crippen MR) is 82.5 cm³/mol. The van der Waals surface area contributed by atoms with Crippen molar-refractivity contribution < 1.29 is 4.74 Å². The van der Waals surface area contributed by atoms with Crippen LogP contribution in [0.1, 0.15) is 24.8 Å². The number of fused-ring (bicyclic) bond motifs is 1. The SMILES string of the molecule is COc1ccc(Cl)cc1CN1CCCN2CCC[C@H]2C1. The smallest absolute Gasteiger partial charge is 0.123 e. The molecule has 0 saturated carbocycles. The molecule has 4 heteroatoms. The zero-order valence-electron chi connectivity index (χ0n) is 12.1. The van der Waals surface area contributed by atoms with Gasteiger partial charge in [0.1, 0.15) is 5.75 Å². The second kappa shape index (κ2) is 6.33. The van der Waals surface area contributed by atoms with Crippen LogP contribution < -0.4 is 4.74 Å². The summed E-state index contributed by atoms with van der Waals surface area (Å²) in [6.07, 6.45) is 3.97. The Morgan fingerprint density at radius 3 is 2.95 bits per heavy atom. The molecule has 0 spiro atoms. The first-order chi connectivity index (χ1) is 9.76. The van der Waals surface area contributed by atoms with E-state index in [4.69, 9.17) is 16.3 Å². The highest BCUT2D eigenvalue weighted by Gasteiger charge is 2.28. The molecule has 2 aliphatic rings. The van der Waals surface area contributed by atoms with Crippen LogP contribution in [0.15, 0.2) is 18.2 Å².